The van der Waals surface area contributed by atoms with Crippen LogP contribution in [0.4, 0.5) is 0 Å². The van der Waals surface area contributed by atoms with Crippen LogP contribution in [0.3, 0.4) is 0 Å². The van der Waals surface area contributed by atoms with Gasteiger partial charge in [0, 0.05) is 43.6 Å². The third-order valence-corrected chi connectivity index (χ3v) is 6.60. The van der Waals surface area contributed by atoms with Crippen molar-refractivity contribution in [3.05, 3.63) is 60.4 Å². The van der Waals surface area contributed by atoms with Gasteiger partial charge in [0.25, 0.3) is 5.91 Å². The summed E-state index contributed by atoms with van der Waals surface area (Å²) in [6.45, 7) is 2.23. The predicted molar refractivity (Wildman–Crippen MR) is 111 cm³/mol. The lowest BCUT2D eigenvalue weighted by molar-refractivity contribution is -0.132. The van der Waals surface area contributed by atoms with Crippen LogP contribution in [0, 0.1) is 11.3 Å². The first-order valence-electron chi connectivity index (χ1n) is 10.4. The number of hydrogen-bond donors (Lipinski definition) is 1. The lowest BCUT2D eigenvalue weighted by atomic mass is 9.90. The smallest absolute Gasteiger partial charge is 0.287 e. The molecule has 1 atom stereocenters. The number of nitrogens with one attached hydrogen (secondary N) is 1. The zero-order valence-electron chi connectivity index (χ0n) is 16.7. The molecule has 0 radical (unpaired) electrons. The number of aromatic nitrogens is 2. The number of hydrogen-bond acceptors (Lipinski definition) is 5. The Hall–Kier alpha value is -3.22. The topological polar surface area (TPSA) is 88.3 Å². The second kappa shape index (κ2) is 7.55. The van der Waals surface area contributed by atoms with Crippen LogP contribution in [0.15, 0.2) is 53.5 Å². The van der Waals surface area contributed by atoms with Crippen LogP contribution in [0.2, 0.25) is 0 Å². The van der Waals surface area contributed by atoms with Crippen LogP contribution in [0.25, 0.3) is 11.0 Å². The summed E-state index contributed by atoms with van der Waals surface area (Å²) in [5.74, 6) is 0.784. The molecular weight excluding hydrogens is 380 g/mol. The zero-order chi connectivity index (χ0) is 20.6. The van der Waals surface area contributed by atoms with E-state index in [2.05, 4.69) is 15.3 Å². The standard InChI is InChI=1S/C23H24N4O3/c28-21(10-16-2-1-6-24-13-16)27-8-4-23(5-9-27)12-18(23)14-26-22(29)19-11-17-3-7-25-15-20(17)30-19/h1-3,6-7,11,13,15,18H,4-5,8-10,12,14H2,(H,26,29). The fourth-order valence-electron chi connectivity index (χ4n) is 4.62. The molecule has 0 bridgehead atoms. The van der Waals surface area contributed by atoms with Gasteiger partial charge >= 0.3 is 0 Å². The maximum Gasteiger partial charge on any atom is 0.287 e. The van der Waals surface area contributed by atoms with Gasteiger partial charge in [-0.05, 0) is 54.4 Å². The SMILES string of the molecule is O=C(NCC1CC12CCN(C(=O)Cc1cccnc1)CC2)c1cc2ccncc2o1. The van der Waals surface area contributed by atoms with Crippen molar-refractivity contribution in [1.29, 1.82) is 0 Å². The molecule has 154 valence electrons. The van der Waals surface area contributed by atoms with Gasteiger partial charge in [0.2, 0.25) is 5.91 Å². The molecule has 3 aromatic rings. The van der Waals surface area contributed by atoms with Crippen molar-refractivity contribution in [2.75, 3.05) is 19.6 Å². The zero-order valence-corrected chi connectivity index (χ0v) is 16.7. The molecule has 3 aromatic heterocycles. The predicted octanol–water partition coefficient (Wildman–Crippen LogP) is 2.82. The van der Waals surface area contributed by atoms with Crippen LogP contribution < -0.4 is 5.32 Å². The highest BCUT2D eigenvalue weighted by molar-refractivity contribution is 5.95. The Bertz CT molecular complexity index is 1040. The molecule has 2 aliphatic rings. The number of nitrogens with zero attached hydrogens (tertiary/aromatic N) is 3. The molecule has 2 amide bonds. The number of pyridine rings is 2. The second-order valence-corrected chi connectivity index (χ2v) is 8.42. The summed E-state index contributed by atoms with van der Waals surface area (Å²) in [5, 5.41) is 3.90. The van der Waals surface area contributed by atoms with Gasteiger partial charge < -0.3 is 14.6 Å². The molecule has 1 saturated carbocycles. The summed E-state index contributed by atoms with van der Waals surface area (Å²) >= 11 is 0. The number of piperidine rings is 1. The van der Waals surface area contributed by atoms with E-state index in [0.717, 1.165) is 43.3 Å². The summed E-state index contributed by atoms with van der Waals surface area (Å²) in [6, 6.07) is 7.38. The Morgan fingerprint density at radius 2 is 2.00 bits per heavy atom. The number of carbonyl (C=O) groups is 2. The second-order valence-electron chi connectivity index (χ2n) is 8.42. The number of fused-ring (bicyclic) bond motifs is 1. The van der Waals surface area contributed by atoms with Crippen LogP contribution in [0.5, 0.6) is 0 Å². The van der Waals surface area contributed by atoms with E-state index in [1.54, 1.807) is 30.9 Å². The van der Waals surface area contributed by atoms with Crippen LogP contribution in [-0.4, -0.2) is 46.3 Å². The minimum atomic E-state index is -0.183. The summed E-state index contributed by atoms with van der Waals surface area (Å²) < 4.78 is 5.59. The first-order valence-corrected chi connectivity index (χ1v) is 10.4. The van der Waals surface area contributed by atoms with E-state index in [0.29, 0.717) is 30.2 Å². The van der Waals surface area contributed by atoms with Gasteiger partial charge in [-0.1, -0.05) is 6.07 Å². The molecule has 7 nitrogen and oxygen atoms in total. The first kappa shape index (κ1) is 18.8. The van der Waals surface area contributed by atoms with E-state index < -0.39 is 0 Å². The van der Waals surface area contributed by atoms with Crippen molar-refractivity contribution >= 4 is 22.8 Å². The fraction of sp³-hybridized carbons (Fsp3) is 0.391. The molecule has 1 unspecified atom stereocenters. The van der Waals surface area contributed by atoms with Crippen molar-refractivity contribution < 1.29 is 14.0 Å². The van der Waals surface area contributed by atoms with Crippen LogP contribution in [0.1, 0.15) is 35.4 Å². The van der Waals surface area contributed by atoms with E-state index in [1.807, 2.05) is 23.1 Å². The largest absolute Gasteiger partial charge is 0.449 e. The van der Waals surface area contributed by atoms with Gasteiger partial charge in [-0.3, -0.25) is 19.6 Å². The highest BCUT2D eigenvalue weighted by atomic mass is 16.3. The normalized spacial score (nSPS) is 19.7. The number of furan rings is 1. The highest BCUT2D eigenvalue weighted by Gasteiger charge is 2.54. The third kappa shape index (κ3) is 3.67. The summed E-state index contributed by atoms with van der Waals surface area (Å²) in [7, 11) is 0. The molecule has 1 spiro atoms. The fourth-order valence-corrected chi connectivity index (χ4v) is 4.62. The Balaban J connectivity index is 1.10. The molecule has 4 heterocycles. The van der Waals surface area contributed by atoms with Crippen LogP contribution in [-0.2, 0) is 11.2 Å². The van der Waals surface area contributed by atoms with Gasteiger partial charge in [-0.25, -0.2) is 0 Å². The molecule has 1 saturated heterocycles. The van der Waals surface area contributed by atoms with Gasteiger partial charge in [0.15, 0.2) is 11.3 Å². The number of rotatable bonds is 5. The Morgan fingerprint density at radius 3 is 2.77 bits per heavy atom. The highest BCUT2D eigenvalue weighted by Crippen LogP contribution is 2.59. The number of likely N-dealkylation sites (tertiary alicyclic amines) is 1. The van der Waals surface area contributed by atoms with Gasteiger partial charge in [0.05, 0.1) is 12.6 Å². The molecular formula is C23H24N4O3. The Labute approximate surface area is 174 Å². The molecule has 0 aromatic carbocycles. The van der Waals surface area contributed by atoms with E-state index in [-0.39, 0.29) is 17.2 Å². The van der Waals surface area contributed by atoms with E-state index in [1.165, 1.54) is 0 Å². The number of amides is 2. The van der Waals surface area contributed by atoms with Crippen molar-refractivity contribution in [1.82, 2.24) is 20.2 Å². The molecule has 1 aliphatic heterocycles. The Morgan fingerprint density at radius 1 is 1.17 bits per heavy atom. The van der Waals surface area contributed by atoms with Crippen LogP contribution >= 0.6 is 0 Å². The van der Waals surface area contributed by atoms with E-state index >= 15 is 0 Å². The maximum atomic E-state index is 12.6. The monoisotopic (exact) mass is 404 g/mol. The summed E-state index contributed by atoms with van der Waals surface area (Å²) in [5.41, 5.74) is 1.85. The van der Waals surface area contributed by atoms with Gasteiger partial charge in [0.1, 0.15) is 0 Å². The maximum absolute atomic E-state index is 12.6. The minimum Gasteiger partial charge on any atom is -0.449 e. The van der Waals surface area contributed by atoms with Crippen molar-refractivity contribution in [2.45, 2.75) is 25.7 Å². The molecule has 2 fully saturated rings. The van der Waals surface area contributed by atoms with E-state index in [9.17, 15) is 9.59 Å². The lowest BCUT2D eigenvalue weighted by Crippen LogP contribution is -2.41. The van der Waals surface area contributed by atoms with Gasteiger partial charge in [-0.15, -0.1) is 0 Å². The third-order valence-electron chi connectivity index (χ3n) is 6.60. The van der Waals surface area contributed by atoms with Crippen molar-refractivity contribution in [3.63, 3.8) is 0 Å². The quantitative estimate of drug-likeness (QED) is 0.706. The van der Waals surface area contributed by atoms with E-state index in [4.69, 9.17) is 4.42 Å². The molecule has 1 aliphatic carbocycles. The molecule has 1 N–H and O–H groups in total. The lowest BCUT2D eigenvalue weighted by Gasteiger charge is -2.33. The number of carbonyl (C=O) groups excluding carboxylic acids is 2. The minimum absolute atomic E-state index is 0.169. The summed E-state index contributed by atoms with van der Waals surface area (Å²) in [4.78, 5) is 35.1. The van der Waals surface area contributed by atoms with Crippen molar-refractivity contribution in [3.8, 4) is 0 Å². The van der Waals surface area contributed by atoms with Crippen molar-refractivity contribution in [2.24, 2.45) is 11.3 Å². The average molecular weight is 404 g/mol. The molecule has 30 heavy (non-hydrogen) atoms. The average Bonchev–Trinajstić information content (AvgIpc) is 3.25. The molecule has 7 heteroatoms. The first-order chi connectivity index (χ1) is 14.6. The van der Waals surface area contributed by atoms with Gasteiger partial charge in [-0.2, -0.15) is 0 Å². The Kier molecular flexibility index (Phi) is 4.73. The summed E-state index contributed by atoms with van der Waals surface area (Å²) in [6.07, 6.45) is 10.3. The molecule has 5 rings (SSSR count).